The van der Waals surface area contributed by atoms with Crippen LogP contribution in [0, 0.1) is 10.1 Å². The van der Waals surface area contributed by atoms with Gasteiger partial charge in [-0.05, 0) is 78.4 Å². The van der Waals surface area contributed by atoms with Gasteiger partial charge in [-0.25, -0.2) is 22.7 Å². The first kappa shape index (κ1) is 36.9. The Morgan fingerprint density at radius 3 is 2.15 bits per heavy atom. The number of rotatable bonds is 12. The average Bonchev–Trinajstić information content (AvgIpc) is 3.16. The van der Waals surface area contributed by atoms with Crippen molar-refractivity contribution in [2.24, 2.45) is 0 Å². The number of aromatic carboxylic acids is 2. The van der Waals surface area contributed by atoms with Gasteiger partial charge in [-0.3, -0.25) is 19.7 Å². The molecule has 0 saturated carbocycles. The average molecular weight is 750 g/mol. The molecule has 0 heterocycles. The van der Waals surface area contributed by atoms with E-state index in [0.29, 0.717) is 42.0 Å². The lowest BCUT2D eigenvalue weighted by atomic mass is 9.86. The quantitative estimate of drug-likeness (QED) is 0.0911. The van der Waals surface area contributed by atoms with Crippen LogP contribution in [0.2, 0.25) is 0 Å². The van der Waals surface area contributed by atoms with Crippen LogP contribution in [-0.2, 0) is 23.0 Å². The Balaban J connectivity index is 1.44. The number of non-ortho nitro benzene ring substituents is 1. The van der Waals surface area contributed by atoms with Gasteiger partial charge in [-0.1, -0.05) is 60.7 Å². The minimum atomic E-state index is -4.82. The number of nitro benzene ring substituents is 1. The van der Waals surface area contributed by atoms with E-state index in [1.807, 2.05) is 42.5 Å². The Morgan fingerprint density at radius 2 is 1.43 bits per heavy atom. The van der Waals surface area contributed by atoms with E-state index in [1.54, 1.807) is 41.1 Å². The molecule has 0 aliphatic heterocycles. The number of nitrogens with zero attached hydrogens (tertiary/aromatic N) is 2. The number of sulfonamides is 1. The molecule has 54 heavy (non-hydrogen) atoms. The SMILES string of the molecule is O=C(O)c1cc(C(=O)O)c(C(=O)N(Cc2cccc(Oc3ccccc3)c2)[C@H]2CCCc3ccccc32)cc1C(=O)NS(=O)(=O)c1cccc([N+](=O)[O-])c1. The van der Waals surface area contributed by atoms with Gasteiger partial charge in [0.05, 0.1) is 38.1 Å². The van der Waals surface area contributed by atoms with E-state index in [1.165, 1.54) is 4.90 Å². The summed E-state index contributed by atoms with van der Waals surface area (Å²) in [7, 11) is -4.82. The molecule has 6 rings (SSSR count). The molecule has 2 amide bonds. The van der Waals surface area contributed by atoms with Crippen molar-refractivity contribution in [3.8, 4) is 11.5 Å². The standard InChI is InChI=1S/C39H31N3O11S/c43-36(40-54(51,52)29-16-8-12-26(20-29)42(49)50)31-21-32(34(39(47)48)22-33(31)38(45)46)37(44)41(35-18-7-11-25-10-4-5-17-30(25)35)23-24-9-6-15-28(19-24)53-27-13-2-1-3-14-27/h1-6,8-10,12-17,19-22,35H,7,11,18,23H2,(H,40,43)(H,45,46)(H,47,48)/t35-/m0/s1. The van der Waals surface area contributed by atoms with Crippen LogP contribution in [0.3, 0.4) is 0 Å². The number of carbonyl (C=O) groups is 4. The van der Waals surface area contributed by atoms with Gasteiger partial charge in [0, 0.05) is 18.7 Å². The number of aryl methyl sites for hydroxylation is 1. The van der Waals surface area contributed by atoms with Gasteiger partial charge >= 0.3 is 11.9 Å². The van der Waals surface area contributed by atoms with Gasteiger partial charge in [-0.15, -0.1) is 0 Å². The molecule has 1 atom stereocenters. The van der Waals surface area contributed by atoms with E-state index in [-0.39, 0.29) is 6.54 Å². The molecule has 5 aromatic rings. The summed E-state index contributed by atoms with van der Waals surface area (Å²) in [5.74, 6) is -4.77. The maximum Gasteiger partial charge on any atom is 0.336 e. The van der Waals surface area contributed by atoms with E-state index in [2.05, 4.69) is 0 Å². The number of carbonyl (C=O) groups excluding carboxylic acids is 2. The highest BCUT2D eigenvalue weighted by Gasteiger charge is 2.34. The summed E-state index contributed by atoms with van der Waals surface area (Å²) in [5, 5.41) is 31.5. The molecule has 3 N–H and O–H groups in total. The first-order valence-corrected chi connectivity index (χ1v) is 18.0. The third kappa shape index (κ3) is 7.95. The highest BCUT2D eigenvalue weighted by atomic mass is 32.2. The number of benzene rings is 5. The molecule has 0 aromatic heterocycles. The minimum Gasteiger partial charge on any atom is -0.478 e. The smallest absolute Gasteiger partial charge is 0.336 e. The van der Waals surface area contributed by atoms with Gasteiger partial charge in [0.1, 0.15) is 11.5 Å². The monoisotopic (exact) mass is 749 g/mol. The highest BCUT2D eigenvalue weighted by Crippen LogP contribution is 2.37. The summed E-state index contributed by atoms with van der Waals surface area (Å²) >= 11 is 0. The molecule has 0 saturated heterocycles. The Bertz CT molecular complexity index is 2420. The molecule has 0 radical (unpaired) electrons. The van der Waals surface area contributed by atoms with E-state index >= 15 is 0 Å². The van der Waals surface area contributed by atoms with E-state index in [4.69, 9.17) is 4.74 Å². The van der Waals surface area contributed by atoms with Crippen molar-refractivity contribution >= 4 is 39.5 Å². The van der Waals surface area contributed by atoms with Crippen LogP contribution in [0.15, 0.2) is 120 Å². The van der Waals surface area contributed by atoms with Crippen LogP contribution < -0.4 is 9.46 Å². The molecule has 1 aliphatic rings. The van der Waals surface area contributed by atoms with Gasteiger partial charge in [0.2, 0.25) is 0 Å². The van der Waals surface area contributed by atoms with Crippen molar-refractivity contribution in [1.82, 2.24) is 9.62 Å². The van der Waals surface area contributed by atoms with Crippen molar-refractivity contribution in [3.05, 3.63) is 164 Å². The van der Waals surface area contributed by atoms with Crippen LogP contribution in [-0.4, -0.2) is 52.2 Å². The molecule has 0 spiro atoms. The third-order valence-corrected chi connectivity index (χ3v) is 10.2. The van der Waals surface area contributed by atoms with E-state index in [9.17, 15) is 47.9 Å². The summed E-state index contributed by atoms with van der Waals surface area (Å²) in [6, 6.07) is 28.1. The number of fused-ring (bicyclic) bond motifs is 1. The van der Waals surface area contributed by atoms with Crippen molar-refractivity contribution < 1.29 is 47.5 Å². The van der Waals surface area contributed by atoms with E-state index < -0.39 is 77.6 Å². The Labute approximate surface area is 308 Å². The van der Waals surface area contributed by atoms with Gasteiger partial charge in [-0.2, -0.15) is 0 Å². The number of nitro groups is 1. The zero-order chi connectivity index (χ0) is 38.6. The van der Waals surface area contributed by atoms with Crippen LogP contribution in [0.25, 0.3) is 0 Å². The van der Waals surface area contributed by atoms with Crippen LogP contribution >= 0.6 is 0 Å². The molecular weight excluding hydrogens is 719 g/mol. The third-order valence-electron chi connectivity index (χ3n) is 8.86. The highest BCUT2D eigenvalue weighted by molar-refractivity contribution is 7.90. The summed E-state index contributed by atoms with van der Waals surface area (Å²) < 4.78 is 34.0. The summed E-state index contributed by atoms with van der Waals surface area (Å²) in [4.78, 5) is 64.5. The van der Waals surface area contributed by atoms with Crippen LogP contribution in [0.5, 0.6) is 11.5 Å². The Morgan fingerprint density at radius 1 is 0.778 bits per heavy atom. The minimum absolute atomic E-state index is 0.0632. The molecule has 0 fully saturated rings. The number of carboxylic acid groups (broad SMARTS) is 2. The van der Waals surface area contributed by atoms with Crippen LogP contribution in [0.4, 0.5) is 5.69 Å². The summed E-state index contributed by atoms with van der Waals surface area (Å²) in [6.07, 6.45) is 1.93. The zero-order valence-electron chi connectivity index (χ0n) is 28.2. The Kier molecular flexibility index (Phi) is 10.5. The first-order valence-electron chi connectivity index (χ1n) is 16.5. The fourth-order valence-corrected chi connectivity index (χ4v) is 7.38. The van der Waals surface area contributed by atoms with Crippen molar-refractivity contribution in [1.29, 1.82) is 0 Å². The number of ether oxygens (including phenoxy) is 1. The largest absolute Gasteiger partial charge is 0.478 e. The normalized spacial score (nSPS) is 13.6. The maximum atomic E-state index is 14.8. The molecule has 0 bridgehead atoms. The van der Waals surface area contributed by atoms with Crippen molar-refractivity contribution in [2.45, 2.75) is 36.7 Å². The zero-order valence-corrected chi connectivity index (χ0v) is 29.1. The first-order chi connectivity index (χ1) is 25.8. The fourth-order valence-electron chi connectivity index (χ4n) is 6.38. The van der Waals surface area contributed by atoms with Gasteiger partial charge in [0.15, 0.2) is 0 Å². The summed E-state index contributed by atoms with van der Waals surface area (Å²) in [6.45, 7) is -0.0632. The fraction of sp³-hybridized carbons (Fsp3) is 0.128. The maximum absolute atomic E-state index is 14.8. The molecule has 0 unspecified atom stereocenters. The summed E-state index contributed by atoms with van der Waals surface area (Å²) in [5.41, 5.74) is -1.18. The van der Waals surface area contributed by atoms with Crippen molar-refractivity contribution in [3.63, 3.8) is 0 Å². The number of hydrogen-bond acceptors (Lipinski definition) is 9. The number of nitrogens with one attached hydrogen (secondary N) is 1. The predicted octanol–water partition coefficient (Wildman–Crippen LogP) is 6.62. The lowest BCUT2D eigenvalue weighted by Crippen LogP contribution is -2.38. The Hall–Kier alpha value is -6.87. The number of para-hydroxylation sites is 1. The molecule has 274 valence electrons. The lowest BCUT2D eigenvalue weighted by Gasteiger charge is -2.36. The number of hydrogen-bond donors (Lipinski definition) is 3. The molecule has 15 heteroatoms. The van der Waals surface area contributed by atoms with Gasteiger partial charge in [0.25, 0.3) is 27.5 Å². The molecule has 1 aliphatic carbocycles. The van der Waals surface area contributed by atoms with Crippen LogP contribution in [0.1, 0.15) is 77.0 Å². The predicted molar refractivity (Wildman–Crippen MR) is 193 cm³/mol. The number of carboxylic acids is 2. The van der Waals surface area contributed by atoms with Crippen molar-refractivity contribution in [2.75, 3.05) is 0 Å². The van der Waals surface area contributed by atoms with E-state index in [0.717, 1.165) is 41.8 Å². The lowest BCUT2D eigenvalue weighted by molar-refractivity contribution is -0.385. The molecule has 14 nitrogen and oxygen atoms in total. The second kappa shape index (κ2) is 15.4. The number of amides is 2. The molecular formula is C39H31N3O11S. The topological polar surface area (TPSA) is 211 Å². The van der Waals surface area contributed by atoms with Gasteiger partial charge < -0.3 is 19.8 Å². The second-order valence-corrected chi connectivity index (χ2v) is 14.0. The molecule has 5 aromatic carbocycles. The second-order valence-electron chi connectivity index (χ2n) is 12.3.